The molecule has 0 bridgehead atoms. The van der Waals surface area contributed by atoms with E-state index in [1.54, 1.807) is 6.07 Å². The molecule has 2 aromatic carbocycles. The number of hydrogen-bond acceptors (Lipinski definition) is 5. The number of carbonyl (C=O) groups is 1. The van der Waals surface area contributed by atoms with Crippen molar-refractivity contribution >= 4 is 46.4 Å². The van der Waals surface area contributed by atoms with Crippen molar-refractivity contribution in [1.82, 2.24) is 4.90 Å². The van der Waals surface area contributed by atoms with E-state index in [-0.39, 0.29) is 17.4 Å². The maximum atomic E-state index is 12.5. The number of hydrogen-bond donors (Lipinski definition) is 1. The number of rotatable bonds is 6. The Morgan fingerprint density at radius 3 is 2.66 bits per heavy atom. The molecule has 0 saturated carbocycles. The largest absolute Gasteiger partial charge is 0.870 e. The summed E-state index contributed by atoms with van der Waals surface area (Å²) in [5, 5.41) is 14.8. The van der Waals surface area contributed by atoms with Gasteiger partial charge in [0.1, 0.15) is 11.4 Å². The number of quaternary nitrogens is 1. The van der Waals surface area contributed by atoms with Gasteiger partial charge in [-0.1, -0.05) is 23.4 Å². The smallest absolute Gasteiger partial charge is 0.264 e. The highest BCUT2D eigenvalue weighted by Crippen LogP contribution is 2.31. The second-order valence-corrected chi connectivity index (χ2v) is 8.82. The van der Waals surface area contributed by atoms with Crippen LogP contribution < -0.4 is 14.7 Å². The van der Waals surface area contributed by atoms with Gasteiger partial charge in [0, 0.05) is 23.4 Å². The Hall–Kier alpha value is -2.87. The van der Waals surface area contributed by atoms with Crippen molar-refractivity contribution in [1.29, 1.82) is 0 Å². The number of ether oxygens (including phenoxy) is 1. The van der Waals surface area contributed by atoms with E-state index >= 15 is 0 Å². The third kappa shape index (κ3) is 5.12. The van der Waals surface area contributed by atoms with Crippen LogP contribution in [0.4, 0.5) is 11.4 Å². The summed E-state index contributed by atoms with van der Waals surface area (Å²) in [6.07, 6.45) is 1.52. The van der Waals surface area contributed by atoms with E-state index in [0.29, 0.717) is 17.2 Å². The van der Waals surface area contributed by atoms with E-state index < -0.39 is 0 Å². The molecule has 1 fully saturated rings. The summed E-state index contributed by atoms with van der Waals surface area (Å²) < 4.78 is 5.35. The molecule has 1 amide bonds. The molecule has 0 atom stereocenters. The first kappa shape index (κ1) is 22.3. The number of amides is 1. The van der Waals surface area contributed by atoms with Gasteiger partial charge in [-0.25, -0.2) is 0 Å². The first-order chi connectivity index (χ1) is 15.5. The second kappa shape index (κ2) is 10.2. The van der Waals surface area contributed by atoms with Gasteiger partial charge in [-0.3, -0.25) is 14.7 Å². The molecule has 2 heterocycles. The monoisotopic (exact) mass is 469 g/mol. The average molecular weight is 470 g/mol. The summed E-state index contributed by atoms with van der Waals surface area (Å²) in [5.74, 6) is 0.128. The van der Waals surface area contributed by atoms with Gasteiger partial charge in [-0.15, -0.1) is 11.3 Å². The fourth-order valence-electron chi connectivity index (χ4n) is 3.70. The zero-order chi connectivity index (χ0) is 22.5. The minimum Gasteiger partial charge on any atom is -0.870 e. The van der Waals surface area contributed by atoms with Crippen molar-refractivity contribution in [3.8, 4) is 11.5 Å². The van der Waals surface area contributed by atoms with E-state index in [0.717, 1.165) is 42.4 Å². The molecule has 6 nitrogen and oxygen atoms in total. The average Bonchev–Trinajstić information content (AvgIpc) is 3.35. The number of halogens is 1. The molecule has 1 aliphatic heterocycles. The molecular formula is C24H24ClN3O3S. The van der Waals surface area contributed by atoms with E-state index in [9.17, 15) is 9.90 Å². The molecule has 8 heteroatoms. The van der Waals surface area contributed by atoms with E-state index in [2.05, 4.69) is 4.99 Å². The Kier molecular flexibility index (Phi) is 7.09. The van der Waals surface area contributed by atoms with Crippen molar-refractivity contribution in [3.05, 3.63) is 69.4 Å². The number of carbonyl (C=O) groups excluding carboxylic acids is 1. The van der Waals surface area contributed by atoms with Crippen LogP contribution in [0.25, 0.3) is 0 Å². The number of piperazine rings is 1. The van der Waals surface area contributed by atoms with Gasteiger partial charge in [0.2, 0.25) is 0 Å². The number of benzene rings is 2. The number of thiophene rings is 1. The van der Waals surface area contributed by atoms with Crippen LogP contribution in [0.2, 0.25) is 5.02 Å². The van der Waals surface area contributed by atoms with Crippen molar-refractivity contribution in [3.63, 3.8) is 0 Å². The molecule has 0 aliphatic carbocycles. The Bertz CT molecular complexity index is 1090. The fraction of sp³-hybridized carbons (Fsp3) is 0.250. The van der Waals surface area contributed by atoms with Gasteiger partial charge >= 0.3 is 0 Å². The van der Waals surface area contributed by atoms with E-state index in [4.69, 9.17) is 16.3 Å². The lowest BCUT2D eigenvalue weighted by atomic mass is 10.2. The Morgan fingerprint density at radius 2 is 2.00 bits per heavy atom. The summed E-state index contributed by atoms with van der Waals surface area (Å²) in [4.78, 5) is 21.0. The predicted molar refractivity (Wildman–Crippen MR) is 126 cm³/mol. The lowest BCUT2D eigenvalue weighted by Gasteiger charge is -2.31. The molecule has 4 rings (SSSR count). The molecule has 3 aromatic rings. The van der Waals surface area contributed by atoms with Crippen LogP contribution in [-0.4, -0.2) is 49.8 Å². The van der Waals surface area contributed by atoms with Crippen LogP contribution in [-0.2, 0) is 0 Å². The first-order valence-corrected chi connectivity index (χ1v) is 11.8. The number of nitrogens with zero attached hydrogens (tertiary/aromatic N) is 2. The van der Waals surface area contributed by atoms with E-state index in [1.165, 1.54) is 28.5 Å². The molecule has 0 spiro atoms. The van der Waals surface area contributed by atoms with Gasteiger partial charge < -0.3 is 14.7 Å². The van der Waals surface area contributed by atoms with Gasteiger partial charge in [0.25, 0.3) is 5.91 Å². The lowest BCUT2D eigenvalue weighted by Crippen LogP contribution is -3.10. The summed E-state index contributed by atoms with van der Waals surface area (Å²) in [5.41, 5.74) is 2.30. The van der Waals surface area contributed by atoms with Crippen molar-refractivity contribution < 1.29 is 19.5 Å². The maximum Gasteiger partial charge on any atom is 0.264 e. The minimum absolute atomic E-state index is 0.120. The first-order valence-electron chi connectivity index (χ1n) is 10.5. The summed E-state index contributed by atoms with van der Waals surface area (Å²) in [6, 6.07) is 14.8. The molecule has 0 radical (unpaired) electrons. The van der Waals surface area contributed by atoms with Gasteiger partial charge in [-0.05, 0) is 48.2 Å². The maximum absolute atomic E-state index is 12.5. The van der Waals surface area contributed by atoms with Crippen LogP contribution >= 0.6 is 22.9 Å². The summed E-state index contributed by atoms with van der Waals surface area (Å²) in [6.45, 7) is 5.40. The normalized spacial score (nSPS) is 14.8. The highest BCUT2D eigenvalue weighted by Gasteiger charge is 2.26. The zero-order valence-electron chi connectivity index (χ0n) is 17.7. The van der Waals surface area contributed by atoms with Gasteiger partial charge in [0.15, 0.2) is 0 Å². The van der Waals surface area contributed by atoms with Gasteiger partial charge in [-0.2, -0.15) is 0 Å². The SMILES string of the molecule is CCOc1cc(Cl)cc(C=Nc2ccc([NH+]3CCN(C(=O)c4cccs4)CC3)cc2)c1[O-]. The molecule has 166 valence electrons. The Labute approximate surface area is 196 Å². The zero-order valence-corrected chi connectivity index (χ0v) is 19.3. The van der Waals surface area contributed by atoms with Crippen molar-refractivity contribution in [2.24, 2.45) is 4.99 Å². The molecule has 1 aromatic heterocycles. The third-order valence-corrected chi connectivity index (χ3v) is 6.44. The quantitative estimate of drug-likeness (QED) is 0.563. The molecule has 1 aliphatic rings. The summed E-state index contributed by atoms with van der Waals surface area (Å²) >= 11 is 7.58. The standard InChI is InChI=1S/C24H24ClN3O3S/c1-2-31-21-15-18(25)14-17(23(21)29)16-26-19-5-7-20(8-6-19)27-9-11-28(12-10-27)24(30)22-4-3-13-32-22/h3-8,13-16,29H,2,9-12H2,1H3. The summed E-state index contributed by atoms with van der Waals surface area (Å²) in [7, 11) is 0. The molecule has 32 heavy (non-hydrogen) atoms. The number of nitrogens with one attached hydrogen (secondary N) is 1. The highest BCUT2D eigenvalue weighted by molar-refractivity contribution is 7.12. The molecule has 0 unspecified atom stereocenters. The Balaban J connectivity index is 1.38. The second-order valence-electron chi connectivity index (χ2n) is 7.43. The third-order valence-electron chi connectivity index (χ3n) is 5.36. The fourth-order valence-corrected chi connectivity index (χ4v) is 4.61. The van der Waals surface area contributed by atoms with Gasteiger partial charge in [0.05, 0.1) is 43.4 Å². The predicted octanol–water partition coefficient (Wildman–Crippen LogP) is 3.30. The van der Waals surface area contributed by atoms with Crippen molar-refractivity contribution in [2.75, 3.05) is 32.8 Å². The molecule has 1 saturated heterocycles. The van der Waals surface area contributed by atoms with Crippen molar-refractivity contribution in [2.45, 2.75) is 6.92 Å². The molecule has 1 N–H and O–H groups in total. The van der Waals surface area contributed by atoms with Crippen LogP contribution in [0.15, 0.2) is 58.9 Å². The topological polar surface area (TPSA) is 69.4 Å². The van der Waals surface area contributed by atoms with Crippen LogP contribution in [0.3, 0.4) is 0 Å². The Morgan fingerprint density at radius 1 is 1.25 bits per heavy atom. The minimum atomic E-state index is -0.226. The van der Waals surface area contributed by atoms with E-state index in [1.807, 2.05) is 53.6 Å². The van der Waals surface area contributed by atoms with Crippen LogP contribution in [0.5, 0.6) is 11.5 Å². The molecular weight excluding hydrogens is 446 g/mol. The lowest BCUT2D eigenvalue weighted by molar-refractivity contribution is -0.837. The van der Waals surface area contributed by atoms with Crippen LogP contribution in [0, 0.1) is 0 Å². The highest BCUT2D eigenvalue weighted by atomic mass is 35.5. The van der Waals surface area contributed by atoms with Crippen LogP contribution in [0.1, 0.15) is 22.2 Å². The number of aliphatic imine (C=N–C) groups is 1.